The number of aliphatic hydroxyl groups is 1. The Hall–Kier alpha value is -1.24. The van der Waals surface area contributed by atoms with Crippen LogP contribution in [0.5, 0.6) is 0 Å². The topological polar surface area (TPSA) is 55.7 Å². The molecule has 2 saturated heterocycles. The number of aliphatic hydroxyl groups excluding tert-OH is 1. The van der Waals surface area contributed by atoms with Gasteiger partial charge in [-0.1, -0.05) is 0 Å². The van der Waals surface area contributed by atoms with Gasteiger partial charge in [0.25, 0.3) is 0 Å². The molecule has 3 rings (SSSR count). The van der Waals surface area contributed by atoms with Crippen molar-refractivity contribution in [1.29, 1.82) is 0 Å². The maximum atomic E-state index is 9.85. The molecule has 0 spiro atoms. The van der Waals surface area contributed by atoms with Gasteiger partial charge in [-0.05, 0) is 45.3 Å². The quantitative estimate of drug-likeness (QED) is 0.892. The molecule has 0 radical (unpaired) electrons. The van der Waals surface area contributed by atoms with Crippen LogP contribution in [-0.2, 0) is 6.54 Å². The zero-order chi connectivity index (χ0) is 16.2. The van der Waals surface area contributed by atoms with Crippen molar-refractivity contribution in [2.24, 2.45) is 0 Å². The van der Waals surface area contributed by atoms with Crippen LogP contribution in [0.15, 0.2) is 12.4 Å². The molecular formula is C17H29N5O. The van der Waals surface area contributed by atoms with Gasteiger partial charge in [0.05, 0.1) is 6.10 Å². The van der Waals surface area contributed by atoms with Crippen molar-refractivity contribution in [3.05, 3.63) is 18.0 Å². The molecule has 0 unspecified atom stereocenters. The minimum Gasteiger partial charge on any atom is -0.392 e. The smallest absolute Gasteiger partial charge is 0.224 e. The van der Waals surface area contributed by atoms with Gasteiger partial charge >= 0.3 is 0 Å². The molecule has 0 aliphatic carbocycles. The zero-order valence-corrected chi connectivity index (χ0v) is 14.4. The Labute approximate surface area is 139 Å². The van der Waals surface area contributed by atoms with Gasteiger partial charge in [0.1, 0.15) is 0 Å². The highest BCUT2D eigenvalue weighted by atomic mass is 16.3. The van der Waals surface area contributed by atoms with Crippen LogP contribution in [0.3, 0.4) is 0 Å². The molecule has 2 aliphatic rings. The number of anilines is 1. The van der Waals surface area contributed by atoms with Gasteiger partial charge in [0, 0.05) is 51.2 Å². The highest BCUT2D eigenvalue weighted by molar-refractivity contribution is 5.26. The molecule has 1 atom stereocenters. The molecule has 23 heavy (non-hydrogen) atoms. The summed E-state index contributed by atoms with van der Waals surface area (Å²) in [5.41, 5.74) is 1.18. The lowest BCUT2D eigenvalue weighted by atomic mass is 9.99. The lowest BCUT2D eigenvalue weighted by molar-refractivity contribution is 0.0243. The summed E-state index contributed by atoms with van der Waals surface area (Å²) in [7, 11) is 3.91. The number of hydrogen-bond acceptors (Lipinski definition) is 6. The molecule has 2 aliphatic heterocycles. The second-order valence-electron chi connectivity index (χ2n) is 7.08. The second kappa shape index (κ2) is 7.55. The van der Waals surface area contributed by atoms with E-state index in [0.717, 1.165) is 51.5 Å². The average Bonchev–Trinajstić information content (AvgIpc) is 2.56. The number of nitrogens with zero attached hydrogens (tertiary/aromatic N) is 5. The van der Waals surface area contributed by atoms with Gasteiger partial charge in [-0.3, -0.25) is 9.80 Å². The molecule has 3 heterocycles. The first-order chi connectivity index (χ1) is 11.1. The fraction of sp³-hybridized carbons (Fsp3) is 0.765. The average molecular weight is 319 g/mol. The molecule has 0 bridgehead atoms. The van der Waals surface area contributed by atoms with Gasteiger partial charge in [-0.25, -0.2) is 9.97 Å². The molecule has 6 nitrogen and oxygen atoms in total. The Morgan fingerprint density at radius 1 is 1.13 bits per heavy atom. The lowest BCUT2D eigenvalue weighted by Crippen LogP contribution is -2.49. The predicted molar refractivity (Wildman–Crippen MR) is 91.5 cm³/mol. The highest BCUT2D eigenvalue weighted by Gasteiger charge is 2.28. The Bertz CT molecular complexity index is 484. The summed E-state index contributed by atoms with van der Waals surface area (Å²) >= 11 is 0. The van der Waals surface area contributed by atoms with E-state index in [-0.39, 0.29) is 6.10 Å². The van der Waals surface area contributed by atoms with Crippen LogP contribution in [0.4, 0.5) is 5.95 Å². The van der Waals surface area contributed by atoms with Gasteiger partial charge in [0.2, 0.25) is 5.95 Å². The summed E-state index contributed by atoms with van der Waals surface area (Å²) < 4.78 is 0. The third-order valence-electron chi connectivity index (χ3n) is 5.00. The van der Waals surface area contributed by atoms with Crippen molar-refractivity contribution in [3.63, 3.8) is 0 Å². The summed E-state index contributed by atoms with van der Waals surface area (Å²) in [4.78, 5) is 15.7. The normalized spacial score (nSPS) is 24.7. The summed E-state index contributed by atoms with van der Waals surface area (Å²) in [5.74, 6) is 0.760. The van der Waals surface area contributed by atoms with Crippen molar-refractivity contribution in [1.82, 2.24) is 19.8 Å². The van der Waals surface area contributed by atoms with Crippen molar-refractivity contribution in [3.8, 4) is 0 Å². The fourth-order valence-corrected chi connectivity index (χ4v) is 3.68. The van der Waals surface area contributed by atoms with E-state index < -0.39 is 0 Å². The van der Waals surface area contributed by atoms with Gasteiger partial charge < -0.3 is 10.0 Å². The number of rotatable bonds is 4. The molecule has 0 saturated carbocycles. The van der Waals surface area contributed by atoms with Crippen LogP contribution < -0.4 is 4.90 Å². The number of aromatic nitrogens is 2. The third kappa shape index (κ3) is 4.40. The van der Waals surface area contributed by atoms with Gasteiger partial charge in [0.15, 0.2) is 0 Å². The molecular weight excluding hydrogens is 290 g/mol. The van der Waals surface area contributed by atoms with E-state index in [4.69, 9.17) is 0 Å². The Kier molecular flexibility index (Phi) is 5.46. The van der Waals surface area contributed by atoms with E-state index in [1.165, 1.54) is 18.4 Å². The SMILES string of the molecule is CN(C)c1ncc(CN2CCC(N3CCC[C@H](O)C3)CC2)cn1. The summed E-state index contributed by atoms with van der Waals surface area (Å²) in [5, 5.41) is 9.85. The minimum absolute atomic E-state index is 0.117. The number of likely N-dealkylation sites (tertiary alicyclic amines) is 2. The number of hydrogen-bond donors (Lipinski definition) is 1. The Balaban J connectivity index is 1.47. The maximum absolute atomic E-state index is 9.85. The van der Waals surface area contributed by atoms with Gasteiger partial charge in [-0.15, -0.1) is 0 Å². The summed E-state index contributed by atoms with van der Waals surface area (Å²) in [6.07, 6.45) is 8.27. The molecule has 6 heteroatoms. The molecule has 0 aromatic carbocycles. The standard InChI is InChI=1S/C17H29N5O/c1-20(2)17-18-10-14(11-19-17)12-21-8-5-15(6-9-21)22-7-3-4-16(23)13-22/h10-11,15-16,23H,3-9,12-13H2,1-2H3/t16-/m0/s1. The summed E-state index contributed by atoms with van der Waals surface area (Å²) in [6, 6.07) is 0.647. The van der Waals surface area contributed by atoms with Gasteiger partial charge in [-0.2, -0.15) is 0 Å². The molecule has 1 aromatic rings. The van der Waals surface area contributed by atoms with E-state index >= 15 is 0 Å². The number of piperidine rings is 2. The van der Waals surface area contributed by atoms with E-state index in [1.807, 2.05) is 31.4 Å². The van der Waals surface area contributed by atoms with E-state index in [1.54, 1.807) is 0 Å². The minimum atomic E-state index is -0.117. The van der Waals surface area contributed by atoms with Crippen LogP contribution in [-0.4, -0.2) is 77.3 Å². The molecule has 128 valence electrons. The zero-order valence-electron chi connectivity index (χ0n) is 14.4. The lowest BCUT2D eigenvalue weighted by Gasteiger charge is -2.41. The van der Waals surface area contributed by atoms with Crippen molar-refractivity contribution >= 4 is 5.95 Å². The predicted octanol–water partition coefficient (Wildman–Crippen LogP) is 0.964. The van der Waals surface area contributed by atoms with Crippen LogP contribution in [0, 0.1) is 0 Å². The van der Waals surface area contributed by atoms with Crippen molar-refractivity contribution in [2.45, 2.75) is 44.4 Å². The summed E-state index contributed by atoms with van der Waals surface area (Å²) in [6.45, 7) is 5.19. The van der Waals surface area contributed by atoms with E-state index in [2.05, 4.69) is 19.8 Å². The Morgan fingerprint density at radius 2 is 1.83 bits per heavy atom. The van der Waals surface area contributed by atoms with E-state index in [9.17, 15) is 5.11 Å². The highest BCUT2D eigenvalue weighted by Crippen LogP contribution is 2.22. The van der Waals surface area contributed by atoms with Crippen LogP contribution in [0.1, 0.15) is 31.2 Å². The van der Waals surface area contributed by atoms with Crippen LogP contribution >= 0.6 is 0 Å². The van der Waals surface area contributed by atoms with Crippen molar-refractivity contribution < 1.29 is 5.11 Å². The molecule has 1 aromatic heterocycles. The fourth-order valence-electron chi connectivity index (χ4n) is 3.68. The molecule has 0 amide bonds. The van der Waals surface area contributed by atoms with Crippen LogP contribution in [0.2, 0.25) is 0 Å². The maximum Gasteiger partial charge on any atom is 0.224 e. The molecule has 2 fully saturated rings. The van der Waals surface area contributed by atoms with E-state index in [0.29, 0.717) is 6.04 Å². The third-order valence-corrected chi connectivity index (χ3v) is 5.00. The first-order valence-electron chi connectivity index (χ1n) is 8.74. The first-order valence-corrected chi connectivity index (χ1v) is 8.74. The van der Waals surface area contributed by atoms with Crippen molar-refractivity contribution in [2.75, 3.05) is 45.2 Å². The Morgan fingerprint density at radius 3 is 2.43 bits per heavy atom. The van der Waals surface area contributed by atoms with Crippen LogP contribution in [0.25, 0.3) is 0 Å². The monoisotopic (exact) mass is 319 g/mol. The largest absolute Gasteiger partial charge is 0.392 e. The first kappa shape index (κ1) is 16.6. The number of β-amino-alcohol motifs (C(OH)–C–C–N with tert-alkyl or cyclic N) is 1. The second-order valence-corrected chi connectivity index (χ2v) is 7.08. The molecule has 1 N–H and O–H groups in total.